The van der Waals surface area contributed by atoms with Gasteiger partial charge in [-0.2, -0.15) is 0 Å². The fraction of sp³-hybridized carbons (Fsp3) is 0.688. The van der Waals surface area contributed by atoms with Crippen molar-refractivity contribution in [1.82, 2.24) is 4.98 Å². The Bertz CT molecular complexity index is 333. The lowest BCUT2D eigenvalue weighted by Crippen LogP contribution is -2.23. The van der Waals surface area contributed by atoms with E-state index in [2.05, 4.69) is 25.8 Å². The molecule has 18 heavy (non-hydrogen) atoms. The molecule has 1 nitrogen and oxygen atoms in total. The van der Waals surface area contributed by atoms with Crippen LogP contribution in [-0.4, -0.2) is 4.98 Å². The number of unbranched alkanes of at least 4 members (excludes halogenated alkanes) is 3. The molecule has 0 fully saturated rings. The molecule has 2 heteroatoms. The minimum atomic E-state index is -0.247. The first kappa shape index (κ1) is 15.1. The first-order valence-electron chi connectivity index (χ1n) is 7.24. The topological polar surface area (TPSA) is 12.9 Å². The number of pyridine rings is 1. The highest BCUT2D eigenvalue weighted by molar-refractivity contribution is 5.16. The summed E-state index contributed by atoms with van der Waals surface area (Å²) in [6.45, 7) is 6.70. The van der Waals surface area contributed by atoms with Gasteiger partial charge in [-0.1, -0.05) is 52.9 Å². The summed E-state index contributed by atoms with van der Waals surface area (Å²) in [4.78, 5) is 4.29. The SMILES string of the molecule is CCCCCCC(C)(CCC)c1ccc(F)cn1. The predicted octanol–water partition coefficient (Wildman–Crippen LogP) is 5.25. The third-order valence-corrected chi connectivity index (χ3v) is 3.73. The van der Waals surface area contributed by atoms with Crippen LogP contribution >= 0.6 is 0 Å². The van der Waals surface area contributed by atoms with Crippen LogP contribution in [0.25, 0.3) is 0 Å². The van der Waals surface area contributed by atoms with Crippen molar-refractivity contribution >= 4 is 0 Å². The summed E-state index contributed by atoms with van der Waals surface area (Å²) in [5.41, 5.74) is 1.15. The van der Waals surface area contributed by atoms with E-state index in [1.807, 2.05) is 6.07 Å². The van der Waals surface area contributed by atoms with Crippen molar-refractivity contribution in [2.45, 2.75) is 71.1 Å². The Morgan fingerprint density at radius 1 is 1.06 bits per heavy atom. The van der Waals surface area contributed by atoms with E-state index in [9.17, 15) is 4.39 Å². The molecule has 0 N–H and O–H groups in total. The second-order valence-corrected chi connectivity index (χ2v) is 5.48. The zero-order valence-electron chi connectivity index (χ0n) is 12.0. The second-order valence-electron chi connectivity index (χ2n) is 5.48. The molecule has 1 aromatic rings. The van der Waals surface area contributed by atoms with Crippen molar-refractivity contribution < 1.29 is 4.39 Å². The summed E-state index contributed by atoms with van der Waals surface area (Å²) < 4.78 is 13.0. The summed E-state index contributed by atoms with van der Waals surface area (Å²) in [5, 5.41) is 0. The van der Waals surface area contributed by atoms with E-state index in [1.165, 1.54) is 37.9 Å². The number of nitrogens with zero attached hydrogens (tertiary/aromatic N) is 1. The Kier molecular flexibility index (Phi) is 6.31. The first-order valence-corrected chi connectivity index (χ1v) is 7.24. The standard InChI is InChI=1S/C16H26FN/c1-4-6-7-8-12-16(3,11-5-2)15-10-9-14(17)13-18-15/h9-10,13H,4-8,11-12H2,1-3H3. The molecule has 1 heterocycles. The number of rotatable bonds is 8. The maximum Gasteiger partial charge on any atom is 0.141 e. The molecule has 1 rings (SSSR count). The molecule has 0 saturated heterocycles. The van der Waals surface area contributed by atoms with Gasteiger partial charge in [0, 0.05) is 11.1 Å². The van der Waals surface area contributed by atoms with Gasteiger partial charge in [-0.15, -0.1) is 0 Å². The molecule has 0 aromatic carbocycles. The van der Waals surface area contributed by atoms with Gasteiger partial charge in [0.15, 0.2) is 0 Å². The normalized spacial score (nSPS) is 14.4. The molecule has 102 valence electrons. The fourth-order valence-electron chi connectivity index (χ4n) is 2.61. The van der Waals surface area contributed by atoms with E-state index >= 15 is 0 Å². The van der Waals surface area contributed by atoms with Crippen LogP contribution in [0.4, 0.5) is 4.39 Å². The summed E-state index contributed by atoms with van der Waals surface area (Å²) in [6, 6.07) is 3.38. The Morgan fingerprint density at radius 3 is 2.39 bits per heavy atom. The monoisotopic (exact) mass is 251 g/mol. The summed E-state index contributed by atoms with van der Waals surface area (Å²) in [5.74, 6) is -0.247. The lowest BCUT2D eigenvalue weighted by molar-refractivity contribution is 0.366. The van der Waals surface area contributed by atoms with E-state index in [0.717, 1.165) is 25.0 Å². The van der Waals surface area contributed by atoms with Crippen LogP contribution in [0.2, 0.25) is 0 Å². The zero-order chi connectivity index (χ0) is 13.4. The van der Waals surface area contributed by atoms with Crippen molar-refractivity contribution in [1.29, 1.82) is 0 Å². The summed E-state index contributed by atoms with van der Waals surface area (Å²) in [6.07, 6.45) is 9.86. The van der Waals surface area contributed by atoms with Gasteiger partial charge in [0.25, 0.3) is 0 Å². The largest absolute Gasteiger partial charge is 0.258 e. The third-order valence-electron chi connectivity index (χ3n) is 3.73. The van der Waals surface area contributed by atoms with Gasteiger partial charge in [0.2, 0.25) is 0 Å². The molecule has 0 amide bonds. The minimum absolute atomic E-state index is 0.107. The van der Waals surface area contributed by atoms with Crippen molar-refractivity contribution in [2.75, 3.05) is 0 Å². The van der Waals surface area contributed by atoms with Crippen LogP contribution in [0.1, 0.15) is 71.4 Å². The molecule has 1 unspecified atom stereocenters. The van der Waals surface area contributed by atoms with Gasteiger partial charge < -0.3 is 0 Å². The lowest BCUT2D eigenvalue weighted by atomic mass is 9.77. The second kappa shape index (κ2) is 7.50. The summed E-state index contributed by atoms with van der Waals surface area (Å²) >= 11 is 0. The molecule has 0 bridgehead atoms. The molecule has 0 saturated carbocycles. The predicted molar refractivity (Wildman–Crippen MR) is 75.2 cm³/mol. The average molecular weight is 251 g/mol. The molecule has 0 aliphatic heterocycles. The van der Waals surface area contributed by atoms with Crippen LogP contribution in [-0.2, 0) is 5.41 Å². The van der Waals surface area contributed by atoms with Crippen LogP contribution in [0.5, 0.6) is 0 Å². The van der Waals surface area contributed by atoms with Crippen molar-refractivity contribution in [3.8, 4) is 0 Å². The zero-order valence-corrected chi connectivity index (χ0v) is 12.0. The quantitative estimate of drug-likeness (QED) is 0.575. The number of hydrogen-bond donors (Lipinski definition) is 0. The fourth-order valence-corrected chi connectivity index (χ4v) is 2.61. The van der Waals surface area contributed by atoms with Crippen molar-refractivity contribution in [3.63, 3.8) is 0 Å². The number of aromatic nitrogens is 1. The number of hydrogen-bond acceptors (Lipinski definition) is 1. The van der Waals surface area contributed by atoms with Gasteiger partial charge in [0.1, 0.15) is 5.82 Å². The van der Waals surface area contributed by atoms with Crippen LogP contribution in [0.15, 0.2) is 18.3 Å². The molecule has 0 aliphatic rings. The minimum Gasteiger partial charge on any atom is -0.258 e. The Hall–Kier alpha value is -0.920. The number of halogens is 1. The highest BCUT2D eigenvalue weighted by atomic mass is 19.1. The van der Waals surface area contributed by atoms with E-state index in [0.29, 0.717) is 0 Å². The van der Waals surface area contributed by atoms with E-state index in [1.54, 1.807) is 0 Å². The van der Waals surface area contributed by atoms with Gasteiger partial charge in [0.05, 0.1) is 6.20 Å². The van der Waals surface area contributed by atoms with Gasteiger partial charge in [-0.05, 0) is 25.0 Å². The maximum atomic E-state index is 13.0. The Labute approximate surface area is 111 Å². The highest BCUT2D eigenvalue weighted by Gasteiger charge is 2.26. The van der Waals surface area contributed by atoms with Gasteiger partial charge >= 0.3 is 0 Å². The Morgan fingerprint density at radius 2 is 1.83 bits per heavy atom. The smallest absolute Gasteiger partial charge is 0.141 e. The van der Waals surface area contributed by atoms with Crippen LogP contribution in [0, 0.1) is 5.82 Å². The van der Waals surface area contributed by atoms with E-state index in [4.69, 9.17) is 0 Å². The van der Waals surface area contributed by atoms with Crippen LogP contribution in [0.3, 0.4) is 0 Å². The average Bonchev–Trinajstić information content (AvgIpc) is 2.36. The van der Waals surface area contributed by atoms with E-state index < -0.39 is 0 Å². The first-order chi connectivity index (χ1) is 8.62. The van der Waals surface area contributed by atoms with E-state index in [-0.39, 0.29) is 11.2 Å². The molecular formula is C16H26FN. The molecule has 0 radical (unpaired) electrons. The van der Waals surface area contributed by atoms with Crippen LogP contribution < -0.4 is 0 Å². The molecule has 0 aliphatic carbocycles. The molecule has 1 atom stereocenters. The maximum absolute atomic E-state index is 13.0. The Balaban J connectivity index is 2.69. The lowest BCUT2D eigenvalue weighted by Gasteiger charge is -2.29. The van der Waals surface area contributed by atoms with Crippen molar-refractivity contribution in [2.24, 2.45) is 0 Å². The van der Waals surface area contributed by atoms with Crippen molar-refractivity contribution in [3.05, 3.63) is 29.8 Å². The highest BCUT2D eigenvalue weighted by Crippen LogP contribution is 2.33. The van der Waals surface area contributed by atoms with Gasteiger partial charge in [-0.3, -0.25) is 4.98 Å². The molecule has 1 aromatic heterocycles. The molecule has 0 spiro atoms. The van der Waals surface area contributed by atoms with Gasteiger partial charge in [-0.25, -0.2) is 4.39 Å². The third kappa shape index (κ3) is 4.40. The molecular weight excluding hydrogens is 225 g/mol. The summed E-state index contributed by atoms with van der Waals surface area (Å²) in [7, 11) is 0.